The average molecular weight is 135 g/mol. The number of aromatic nitrogens is 2. The molecule has 0 bridgehead atoms. The smallest absolute Gasteiger partial charge is 0.164 e. The quantitative estimate of drug-likeness (QED) is 0.567. The van der Waals surface area contributed by atoms with Gasteiger partial charge in [-0.15, -0.1) is 4.74 Å². The predicted octanol–water partition coefficient (Wildman–Crippen LogP) is 0.383. The second kappa shape index (κ2) is 1.70. The Morgan fingerprint density at radius 3 is 3.10 bits per heavy atom. The summed E-state index contributed by atoms with van der Waals surface area (Å²) < 4.78 is 6.11. The van der Waals surface area contributed by atoms with Crippen LogP contribution in [0.1, 0.15) is 0 Å². The van der Waals surface area contributed by atoms with E-state index >= 15 is 0 Å². The zero-order chi connectivity index (χ0) is 6.97. The highest BCUT2D eigenvalue weighted by atomic mass is 16.6. The van der Waals surface area contributed by atoms with Gasteiger partial charge in [0.15, 0.2) is 5.49 Å². The highest BCUT2D eigenvalue weighted by molar-refractivity contribution is 5.28. The van der Waals surface area contributed by atoms with Crippen LogP contribution in [0, 0.1) is 5.41 Å². The van der Waals surface area contributed by atoms with Crippen LogP contribution in [0.3, 0.4) is 0 Å². The maximum Gasteiger partial charge on any atom is 0.164 e. The number of rotatable bonds is 0. The van der Waals surface area contributed by atoms with Gasteiger partial charge in [0.05, 0.1) is 11.9 Å². The van der Waals surface area contributed by atoms with Crippen LogP contribution in [0.15, 0.2) is 29.0 Å². The number of nitrogens with one attached hydrogen (secondary N) is 1. The fourth-order valence-electron chi connectivity index (χ4n) is 0.834. The number of hydrogen-bond acceptors (Lipinski definition) is 3. The molecule has 0 atom stereocenters. The molecule has 0 spiro atoms. The van der Waals surface area contributed by atoms with Gasteiger partial charge >= 0.3 is 0 Å². The van der Waals surface area contributed by atoms with Crippen LogP contribution in [-0.2, 0) is 0 Å². The molecular formula is C6H5N3O. The Morgan fingerprint density at radius 2 is 2.30 bits per heavy atom. The van der Waals surface area contributed by atoms with Crippen LogP contribution in [0.25, 0.3) is 5.69 Å². The first-order chi connectivity index (χ1) is 4.88. The lowest BCUT2D eigenvalue weighted by Crippen LogP contribution is -2.10. The van der Waals surface area contributed by atoms with Crippen LogP contribution in [0.4, 0.5) is 0 Å². The second-order valence-corrected chi connectivity index (χ2v) is 1.94. The molecule has 0 radical (unpaired) electrons. The van der Waals surface area contributed by atoms with Crippen molar-refractivity contribution in [2.75, 3.05) is 0 Å². The van der Waals surface area contributed by atoms with Crippen LogP contribution < -0.4 is 5.49 Å². The standard InChI is InChI=1S/C6H5N3O/c7-6-2-1-5-3-4-8-10-9(5)6/h1-4,7H. The zero-order valence-corrected chi connectivity index (χ0v) is 5.11. The Balaban J connectivity index is 2.91. The molecule has 2 rings (SSSR count). The van der Waals surface area contributed by atoms with E-state index in [9.17, 15) is 0 Å². The third-order valence-electron chi connectivity index (χ3n) is 1.30. The lowest BCUT2D eigenvalue weighted by Gasteiger charge is -1.95. The van der Waals surface area contributed by atoms with Crippen molar-refractivity contribution in [2.24, 2.45) is 0 Å². The van der Waals surface area contributed by atoms with Crippen LogP contribution >= 0.6 is 0 Å². The molecule has 4 nitrogen and oxygen atoms in total. The SMILES string of the molecule is N=c1ccc2ccnon1-2. The van der Waals surface area contributed by atoms with Gasteiger partial charge in [-0.2, -0.15) is 0 Å². The van der Waals surface area contributed by atoms with Gasteiger partial charge in [0.2, 0.25) is 0 Å². The zero-order valence-electron chi connectivity index (χ0n) is 5.11. The van der Waals surface area contributed by atoms with E-state index in [0.29, 0.717) is 5.49 Å². The summed E-state index contributed by atoms with van der Waals surface area (Å²) in [6.07, 6.45) is 1.55. The number of hydrogen-bond donors (Lipinski definition) is 1. The van der Waals surface area contributed by atoms with Gasteiger partial charge in [0.1, 0.15) is 0 Å². The van der Waals surface area contributed by atoms with Crippen LogP contribution in [0.5, 0.6) is 0 Å². The third-order valence-corrected chi connectivity index (χ3v) is 1.30. The maximum atomic E-state index is 7.27. The molecule has 0 aromatic carbocycles. The van der Waals surface area contributed by atoms with E-state index in [-0.39, 0.29) is 0 Å². The summed E-state index contributed by atoms with van der Waals surface area (Å²) in [4.78, 5) is 0. The third kappa shape index (κ3) is 0.556. The summed E-state index contributed by atoms with van der Waals surface area (Å²) in [5.41, 5.74) is 1.16. The summed E-state index contributed by atoms with van der Waals surface area (Å²) in [5, 5.41) is 10.8. The van der Waals surface area contributed by atoms with Gasteiger partial charge < -0.3 is 0 Å². The van der Waals surface area contributed by atoms with Crippen LogP contribution in [-0.4, -0.2) is 9.90 Å². The Hall–Kier alpha value is -1.58. The Labute approximate surface area is 56.5 Å². The van der Waals surface area contributed by atoms with Gasteiger partial charge in [-0.25, -0.2) is 0 Å². The van der Waals surface area contributed by atoms with E-state index in [1.165, 1.54) is 4.74 Å². The van der Waals surface area contributed by atoms with E-state index in [2.05, 4.69) is 5.16 Å². The Bertz CT molecular complexity index is 362. The lowest BCUT2D eigenvalue weighted by atomic mass is 10.5. The minimum absolute atomic E-state index is 0.308. The molecule has 0 amide bonds. The van der Waals surface area contributed by atoms with Crippen molar-refractivity contribution in [1.82, 2.24) is 9.90 Å². The fourth-order valence-corrected chi connectivity index (χ4v) is 0.834. The highest BCUT2D eigenvalue weighted by Crippen LogP contribution is 2.01. The van der Waals surface area contributed by atoms with Gasteiger partial charge in [-0.05, 0) is 18.2 Å². The summed E-state index contributed by atoms with van der Waals surface area (Å²) >= 11 is 0. The van der Waals surface area contributed by atoms with E-state index < -0.39 is 0 Å². The van der Waals surface area contributed by atoms with Crippen LogP contribution in [0.2, 0.25) is 0 Å². The molecule has 4 heteroatoms. The molecule has 0 aromatic heterocycles. The molecule has 0 fully saturated rings. The van der Waals surface area contributed by atoms with E-state index in [1.807, 2.05) is 0 Å². The molecule has 1 N–H and O–H groups in total. The number of fused-ring (bicyclic) bond motifs is 1. The lowest BCUT2D eigenvalue weighted by molar-refractivity contribution is 0.217. The molecule has 0 unspecified atom stereocenters. The average Bonchev–Trinajstić information content (AvgIpc) is 2.34. The summed E-state index contributed by atoms with van der Waals surface area (Å²) in [6.45, 7) is 0. The molecular weight excluding hydrogens is 130 g/mol. The van der Waals surface area contributed by atoms with Gasteiger partial charge in [0.25, 0.3) is 0 Å². The van der Waals surface area contributed by atoms with Crippen molar-refractivity contribution < 1.29 is 4.63 Å². The minimum Gasteiger partial charge on any atom is -0.282 e. The first-order valence-electron chi connectivity index (χ1n) is 2.85. The Kier molecular flexibility index (Phi) is 0.887. The van der Waals surface area contributed by atoms with Gasteiger partial charge in [-0.3, -0.25) is 10.0 Å². The maximum absolute atomic E-state index is 7.27. The topological polar surface area (TPSA) is 54.8 Å². The molecule has 0 saturated carbocycles. The van der Waals surface area contributed by atoms with Crippen molar-refractivity contribution >= 4 is 0 Å². The molecule has 10 heavy (non-hydrogen) atoms. The normalized spacial score (nSPS) is 10.4. The molecule has 0 aromatic rings. The fraction of sp³-hybridized carbons (Fsp3) is 0. The summed E-state index contributed by atoms with van der Waals surface area (Å²) in [6, 6.07) is 5.23. The van der Waals surface area contributed by atoms with Crippen molar-refractivity contribution in [3.63, 3.8) is 0 Å². The molecule has 2 aliphatic heterocycles. The molecule has 0 aliphatic carbocycles. The second-order valence-electron chi connectivity index (χ2n) is 1.94. The monoisotopic (exact) mass is 135 g/mol. The van der Waals surface area contributed by atoms with E-state index in [1.54, 1.807) is 24.4 Å². The van der Waals surface area contributed by atoms with Gasteiger partial charge in [-0.1, -0.05) is 5.16 Å². The number of nitrogens with zero attached hydrogens (tertiary/aromatic N) is 2. The Morgan fingerprint density at radius 1 is 1.40 bits per heavy atom. The largest absolute Gasteiger partial charge is 0.282 e. The summed E-state index contributed by atoms with van der Waals surface area (Å²) in [7, 11) is 0. The van der Waals surface area contributed by atoms with Crippen molar-refractivity contribution in [2.45, 2.75) is 0 Å². The molecule has 2 aliphatic rings. The van der Waals surface area contributed by atoms with Gasteiger partial charge in [0, 0.05) is 0 Å². The first-order valence-corrected chi connectivity index (χ1v) is 2.85. The molecule has 0 saturated heterocycles. The van der Waals surface area contributed by atoms with E-state index in [0.717, 1.165) is 5.69 Å². The summed E-state index contributed by atoms with van der Waals surface area (Å²) in [5.74, 6) is 0. The molecule has 50 valence electrons. The predicted molar refractivity (Wildman–Crippen MR) is 32.9 cm³/mol. The first kappa shape index (κ1) is 5.22. The highest BCUT2D eigenvalue weighted by Gasteiger charge is 2.00. The molecule has 2 heterocycles. The van der Waals surface area contributed by atoms with Crippen molar-refractivity contribution in [1.29, 1.82) is 5.41 Å². The minimum atomic E-state index is 0.308. The van der Waals surface area contributed by atoms with E-state index in [4.69, 9.17) is 10.0 Å². The van der Waals surface area contributed by atoms with Crippen molar-refractivity contribution in [3.05, 3.63) is 29.9 Å². The van der Waals surface area contributed by atoms with Crippen molar-refractivity contribution in [3.8, 4) is 5.69 Å².